The number of nitrogens with one attached hydrogen (secondary N) is 1. The number of benzene rings is 1. The first-order valence-electron chi connectivity index (χ1n) is 7.97. The van der Waals surface area contributed by atoms with E-state index in [9.17, 15) is 14.4 Å². The molecule has 0 atom stereocenters. The molecule has 0 unspecified atom stereocenters. The second-order valence-electron chi connectivity index (χ2n) is 6.70. The first-order valence-corrected chi connectivity index (χ1v) is 7.97. The van der Waals surface area contributed by atoms with E-state index >= 15 is 0 Å². The van der Waals surface area contributed by atoms with Gasteiger partial charge in [0.15, 0.2) is 6.61 Å². The molecule has 0 radical (unpaired) electrons. The lowest BCUT2D eigenvalue weighted by atomic mass is 9.87. The number of nitrogens with zero attached hydrogens (tertiary/aromatic N) is 1. The Morgan fingerprint density at radius 2 is 1.76 bits per heavy atom. The number of aromatic nitrogens is 1. The standard InChI is InChI=1S/C19H22N2O4/c1-19(2,3)14-7-9-15(10-8-14)20-16(22)13-25-18(24)12-21-11-5-4-6-17(21)23/h4-11H,12-13H2,1-3H3,(H,20,22). The highest BCUT2D eigenvalue weighted by atomic mass is 16.5. The summed E-state index contributed by atoms with van der Waals surface area (Å²) in [5.41, 5.74) is 1.52. The van der Waals surface area contributed by atoms with Crippen LogP contribution in [-0.4, -0.2) is 23.1 Å². The zero-order valence-electron chi connectivity index (χ0n) is 14.6. The topological polar surface area (TPSA) is 77.4 Å². The first-order chi connectivity index (χ1) is 11.8. The lowest BCUT2D eigenvalue weighted by molar-refractivity contribution is -0.147. The van der Waals surface area contributed by atoms with Crippen molar-refractivity contribution in [1.29, 1.82) is 0 Å². The summed E-state index contributed by atoms with van der Waals surface area (Å²) in [5.74, 6) is -1.08. The third kappa shape index (κ3) is 5.60. The van der Waals surface area contributed by atoms with E-state index in [4.69, 9.17) is 4.74 Å². The van der Waals surface area contributed by atoms with Crippen molar-refractivity contribution in [1.82, 2.24) is 4.57 Å². The number of amides is 1. The van der Waals surface area contributed by atoms with Crippen LogP contribution in [0.15, 0.2) is 53.5 Å². The van der Waals surface area contributed by atoms with Gasteiger partial charge in [-0.1, -0.05) is 39.0 Å². The molecule has 1 N–H and O–H groups in total. The molecule has 0 bridgehead atoms. The average Bonchev–Trinajstić information content (AvgIpc) is 2.55. The van der Waals surface area contributed by atoms with Crippen molar-refractivity contribution < 1.29 is 14.3 Å². The van der Waals surface area contributed by atoms with E-state index in [0.717, 1.165) is 5.56 Å². The fourth-order valence-corrected chi connectivity index (χ4v) is 2.17. The van der Waals surface area contributed by atoms with Gasteiger partial charge in [-0.05, 0) is 29.2 Å². The molecule has 2 rings (SSSR count). The Morgan fingerprint density at radius 1 is 1.08 bits per heavy atom. The van der Waals surface area contributed by atoms with Crippen LogP contribution in [0.25, 0.3) is 0 Å². The molecule has 0 aliphatic rings. The summed E-state index contributed by atoms with van der Waals surface area (Å²) in [6.07, 6.45) is 1.49. The van der Waals surface area contributed by atoms with E-state index in [1.807, 2.05) is 24.3 Å². The maximum Gasteiger partial charge on any atom is 0.326 e. The molecule has 1 amide bonds. The summed E-state index contributed by atoms with van der Waals surface area (Å²) in [7, 11) is 0. The number of carbonyl (C=O) groups is 2. The summed E-state index contributed by atoms with van der Waals surface area (Å²) in [5, 5.41) is 2.67. The van der Waals surface area contributed by atoms with Gasteiger partial charge in [0.25, 0.3) is 11.5 Å². The minimum Gasteiger partial charge on any atom is -0.454 e. The van der Waals surface area contributed by atoms with Gasteiger partial charge in [-0.25, -0.2) is 0 Å². The van der Waals surface area contributed by atoms with Gasteiger partial charge in [0.2, 0.25) is 0 Å². The molecule has 0 saturated heterocycles. The molecule has 0 aliphatic heterocycles. The summed E-state index contributed by atoms with van der Waals surface area (Å²) in [4.78, 5) is 35.1. The number of hydrogen-bond acceptors (Lipinski definition) is 4. The van der Waals surface area contributed by atoms with E-state index in [1.54, 1.807) is 12.1 Å². The third-order valence-electron chi connectivity index (χ3n) is 3.60. The number of pyridine rings is 1. The molecule has 0 spiro atoms. The SMILES string of the molecule is CC(C)(C)c1ccc(NC(=O)COC(=O)Cn2ccccc2=O)cc1. The van der Waals surface area contributed by atoms with Crippen LogP contribution in [0, 0.1) is 0 Å². The van der Waals surface area contributed by atoms with Gasteiger partial charge in [-0.15, -0.1) is 0 Å². The van der Waals surface area contributed by atoms with Gasteiger partial charge in [-0.2, -0.15) is 0 Å². The van der Waals surface area contributed by atoms with Gasteiger partial charge in [0.1, 0.15) is 6.54 Å². The van der Waals surface area contributed by atoms with Gasteiger partial charge < -0.3 is 14.6 Å². The van der Waals surface area contributed by atoms with Gasteiger partial charge in [0.05, 0.1) is 0 Å². The van der Waals surface area contributed by atoms with E-state index < -0.39 is 18.5 Å². The molecule has 0 aliphatic carbocycles. The molecule has 6 heteroatoms. The van der Waals surface area contributed by atoms with Crippen LogP contribution < -0.4 is 10.9 Å². The van der Waals surface area contributed by atoms with Crippen molar-refractivity contribution in [3.05, 3.63) is 64.6 Å². The van der Waals surface area contributed by atoms with Crippen LogP contribution in [0.1, 0.15) is 26.3 Å². The predicted molar refractivity (Wildman–Crippen MR) is 95.4 cm³/mol. The summed E-state index contributed by atoms with van der Waals surface area (Å²) in [6, 6.07) is 12.1. The Balaban J connectivity index is 1.83. The smallest absolute Gasteiger partial charge is 0.326 e. The van der Waals surface area contributed by atoms with Crippen LogP contribution in [0.4, 0.5) is 5.69 Å². The number of ether oxygens (including phenoxy) is 1. The highest BCUT2D eigenvalue weighted by Crippen LogP contribution is 2.23. The fraction of sp³-hybridized carbons (Fsp3) is 0.316. The van der Waals surface area contributed by atoms with E-state index in [0.29, 0.717) is 5.69 Å². The van der Waals surface area contributed by atoms with Crippen LogP contribution in [0.3, 0.4) is 0 Å². The molecule has 25 heavy (non-hydrogen) atoms. The van der Waals surface area contributed by atoms with Gasteiger partial charge in [-0.3, -0.25) is 14.4 Å². The van der Waals surface area contributed by atoms with Gasteiger partial charge >= 0.3 is 5.97 Å². The summed E-state index contributed by atoms with van der Waals surface area (Å²) < 4.78 is 6.12. The Labute approximate surface area is 146 Å². The number of carbonyl (C=O) groups excluding carboxylic acids is 2. The second-order valence-corrected chi connectivity index (χ2v) is 6.70. The maximum absolute atomic E-state index is 11.9. The van der Waals surface area contributed by atoms with Crippen molar-refractivity contribution in [2.24, 2.45) is 0 Å². The molecule has 2 aromatic rings. The summed E-state index contributed by atoms with van der Waals surface area (Å²) in [6.45, 7) is 5.70. The quantitative estimate of drug-likeness (QED) is 0.846. The monoisotopic (exact) mass is 342 g/mol. The Morgan fingerprint density at radius 3 is 2.36 bits per heavy atom. The number of anilines is 1. The lowest BCUT2D eigenvalue weighted by Gasteiger charge is -2.19. The lowest BCUT2D eigenvalue weighted by Crippen LogP contribution is -2.27. The highest BCUT2D eigenvalue weighted by Gasteiger charge is 2.13. The van der Waals surface area contributed by atoms with Crippen LogP contribution in [0.2, 0.25) is 0 Å². The average molecular weight is 342 g/mol. The molecule has 6 nitrogen and oxygen atoms in total. The van der Waals surface area contributed by atoms with Crippen molar-refractivity contribution in [2.75, 3.05) is 11.9 Å². The van der Waals surface area contributed by atoms with Crippen molar-refractivity contribution >= 4 is 17.6 Å². The summed E-state index contributed by atoms with van der Waals surface area (Å²) >= 11 is 0. The van der Waals surface area contributed by atoms with E-state index in [-0.39, 0.29) is 17.5 Å². The number of hydrogen-bond donors (Lipinski definition) is 1. The van der Waals surface area contributed by atoms with Crippen molar-refractivity contribution in [3.8, 4) is 0 Å². The molecular formula is C19H22N2O4. The van der Waals surface area contributed by atoms with Crippen molar-refractivity contribution in [2.45, 2.75) is 32.7 Å². The molecule has 132 valence electrons. The molecule has 1 aromatic carbocycles. The number of esters is 1. The molecule has 0 saturated carbocycles. The molecule has 1 aromatic heterocycles. The third-order valence-corrected chi connectivity index (χ3v) is 3.60. The largest absolute Gasteiger partial charge is 0.454 e. The fourth-order valence-electron chi connectivity index (χ4n) is 2.17. The molecular weight excluding hydrogens is 320 g/mol. The minimum absolute atomic E-state index is 0.0353. The van der Waals surface area contributed by atoms with Gasteiger partial charge in [0, 0.05) is 18.0 Å². The van der Waals surface area contributed by atoms with E-state index in [1.165, 1.54) is 16.8 Å². The van der Waals surface area contributed by atoms with E-state index in [2.05, 4.69) is 26.1 Å². The Bertz CT molecular complexity index is 801. The Hall–Kier alpha value is -2.89. The minimum atomic E-state index is -0.647. The molecule has 0 fully saturated rings. The van der Waals surface area contributed by atoms with Crippen molar-refractivity contribution in [3.63, 3.8) is 0 Å². The normalized spacial score (nSPS) is 11.0. The molecule has 1 heterocycles. The zero-order valence-corrected chi connectivity index (χ0v) is 14.6. The zero-order chi connectivity index (χ0) is 18.4. The predicted octanol–water partition coefficient (Wildman–Crippen LogP) is 2.33. The first kappa shape index (κ1) is 18.4. The number of rotatable bonds is 5. The second kappa shape index (κ2) is 7.79. The van der Waals surface area contributed by atoms with Crippen LogP contribution in [0.5, 0.6) is 0 Å². The maximum atomic E-state index is 11.9. The Kier molecular flexibility index (Phi) is 5.75. The highest BCUT2D eigenvalue weighted by molar-refractivity contribution is 5.92. The van der Waals surface area contributed by atoms with Crippen LogP contribution in [-0.2, 0) is 26.3 Å². The van der Waals surface area contributed by atoms with Crippen LogP contribution >= 0.6 is 0 Å².